The summed E-state index contributed by atoms with van der Waals surface area (Å²) in [5.74, 6) is 4.81. The molecule has 0 aromatic carbocycles. The Kier molecular flexibility index (Phi) is 8.29. The Morgan fingerprint density at radius 1 is 0.971 bits per heavy atom. The van der Waals surface area contributed by atoms with Gasteiger partial charge in [-0.25, -0.2) is 0 Å². The Bertz CT molecular complexity index is 754. The summed E-state index contributed by atoms with van der Waals surface area (Å²) in [6, 6.07) is 2.39. The first-order chi connectivity index (χ1) is 16.7. The average Bonchev–Trinajstić information content (AvgIpc) is 3.24. The minimum Gasteiger partial charge on any atom is -0.307 e. The zero-order valence-corrected chi connectivity index (χ0v) is 23.5. The van der Waals surface area contributed by atoms with Crippen LogP contribution in [0.15, 0.2) is 0 Å². The lowest BCUT2D eigenvalue weighted by atomic mass is 9.41. The number of hydrogen-bond donors (Lipinski definition) is 0. The van der Waals surface area contributed by atoms with Crippen molar-refractivity contribution in [3.05, 3.63) is 0 Å². The third-order valence-corrected chi connectivity index (χ3v) is 11.9. The fourth-order valence-corrected chi connectivity index (χ4v) is 10.2. The van der Waals surface area contributed by atoms with Gasteiger partial charge in [0, 0.05) is 33.2 Å². The van der Waals surface area contributed by atoms with Crippen LogP contribution in [0.5, 0.6) is 0 Å². The summed E-state index contributed by atoms with van der Waals surface area (Å²) in [6.07, 6.45) is 11.9. The number of fused-ring (bicyclic) bond motifs is 5. The van der Waals surface area contributed by atoms with Crippen LogP contribution in [0.4, 0.5) is 0 Å². The Hall–Kier alpha value is -0.670. The number of rotatable bonds is 9. The number of nitriles is 1. The molecule has 5 nitrogen and oxygen atoms in total. The molecule has 4 rings (SSSR count). The number of nitrogens with zero attached hydrogens (tertiary/aromatic N) is 1. The van der Waals surface area contributed by atoms with Gasteiger partial charge in [0.1, 0.15) is 0 Å². The van der Waals surface area contributed by atoms with Crippen molar-refractivity contribution in [1.29, 1.82) is 5.26 Å². The fourth-order valence-electron chi connectivity index (χ4n) is 10.2. The first kappa shape index (κ1) is 27.4. The second-order valence-electron chi connectivity index (χ2n) is 12.8. The van der Waals surface area contributed by atoms with Crippen molar-refractivity contribution in [2.75, 3.05) is 21.3 Å². The fraction of sp³-hybridized carbons (Fsp3) is 0.967. The third kappa shape index (κ3) is 4.39. The molecule has 0 N–H and O–H groups in total. The SMILES string of the molecule is CC[C@H]1C[C@@H]2[C@H](C[C@H](OC(OC)(OC)OC)[C@]3(C)[C@@H]([C@H](C)CCC#N)CC[C@@H]23)[C@@]2(C)CCCC[C@@H]12. The molecule has 0 bridgehead atoms. The Morgan fingerprint density at radius 2 is 1.69 bits per heavy atom. The molecule has 200 valence electrons. The molecule has 0 aromatic rings. The highest BCUT2D eigenvalue weighted by molar-refractivity contribution is 5.13. The molecular weight excluding hydrogens is 438 g/mol. The number of ether oxygens (including phenoxy) is 4. The summed E-state index contributed by atoms with van der Waals surface area (Å²) in [5.41, 5.74) is 0.415. The van der Waals surface area contributed by atoms with Gasteiger partial charge in [0.05, 0.1) is 12.2 Å². The summed E-state index contributed by atoms with van der Waals surface area (Å²) < 4.78 is 23.9. The maximum absolute atomic E-state index is 9.28. The molecule has 4 aliphatic carbocycles. The highest BCUT2D eigenvalue weighted by Gasteiger charge is 2.66. The minimum absolute atomic E-state index is 0.00298. The average molecular weight is 490 g/mol. The highest BCUT2D eigenvalue weighted by atomic mass is 17.0. The van der Waals surface area contributed by atoms with Crippen molar-refractivity contribution in [2.24, 2.45) is 52.3 Å². The largest absolute Gasteiger partial charge is 0.412 e. The zero-order chi connectivity index (χ0) is 25.4. The zero-order valence-electron chi connectivity index (χ0n) is 23.5. The van der Waals surface area contributed by atoms with Crippen LogP contribution in [0.3, 0.4) is 0 Å². The van der Waals surface area contributed by atoms with Gasteiger partial charge in [-0.2, -0.15) is 5.26 Å². The minimum atomic E-state index is -1.47. The van der Waals surface area contributed by atoms with E-state index in [4.69, 9.17) is 18.9 Å². The first-order valence-electron chi connectivity index (χ1n) is 14.4. The summed E-state index contributed by atoms with van der Waals surface area (Å²) in [6.45, 7) is 9.93. The second kappa shape index (κ2) is 10.6. The molecule has 0 aromatic heterocycles. The lowest BCUT2D eigenvalue weighted by Crippen LogP contribution is -2.62. The quantitative estimate of drug-likeness (QED) is 0.322. The normalized spacial score (nSPS) is 44.1. The molecular formula is C30H51NO4. The van der Waals surface area contributed by atoms with Crippen molar-refractivity contribution in [1.82, 2.24) is 0 Å². The molecule has 35 heavy (non-hydrogen) atoms. The maximum atomic E-state index is 9.28. The van der Waals surface area contributed by atoms with E-state index in [0.29, 0.717) is 35.5 Å². The lowest BCUT2D eigenvalue weighted by Gasteiger charge is -2.64. The Labute approximate surface area is 214 Å². The summed E-state index contributed by atoms with van der Waals surface area (Å²) in [7, 11) is 4.81. The molecule has 0 aliphatic heterocycles. The monoisotopic (exact) mass is 489 g/mol. The summed E-state index contributed by atoms with van der Waals surface area (Å²) in [4.78, 5) is 0. The van der Waals surface area contributed by atoms with Gasteiger partial charge in [-0.05, 0) is 91.8 Å². The number of methoxy groups -OCH3 is 3. The van der Waals surface area contributed by atoms with Crippen molar-refractivity contribution < 1.29 is 18.9 Å². The van der Waals surface area contributed by atoms with E-state index in [-0.39, 0.29) is 11.5 Å². The molecule has 0 heterocycles. The van der Waals surface area contributed by atoms with Crippen LogP contribution in [0, 0.1) is 63.6 Å². The van der Waals surface area contributed by atoms with Gasteiger partial charge in [0.15, 0.2) is 0 Å². The Morgan fingerprint density at radius 3 is 2.31 bits per heavy atom. The molecule has 0 spiro atoms. The van der Waals surface area contributed by atoms with Crippen LogP contribution in [0.1, 0.15) is 98.3 Å². The van der Waals surface area contributed by atoms with Gasteiger partial charge in [-0.15, -0.1) is 0 Å². The van der Waals surface area contributed by atoms with E-state index in [1.54, 1.807) is 21.3 Å². The van der Waals surface area contributed by atoms with E-state index in [1.165, 1.54) is 51.4 Å². The topological polar surface area (TPSA) is 60.7 Å². The van der Waals surface area contributed by atoms with Crippen molar-refractivity contribution >= 4 is 0 Å². The second-order valence-corrected chi connectivity index (χ2v) is 12.8. The molecule has 10 atom stereocenters. The van der Waals surface area contributed by atoms with Crippen LogP contribution < -0.4 is 0 Å². The van der Waals surface area contributed by atoms with Crippen LogP contribution >= 0.6 is 0 Å². The summed E-state index contributed by atoms with van der Waals surface area (Å²) in [5, 5.41) is 9.28. The van der Waals surface area contributed by atoms with Crippen molar-refractivity contribution in [3.8, 4) is 6.07 Å². The van der Waals surface area contributed by atoms with E-state index < -0.39 is 6.16 Å². The van der Waals surface area contributed by atoms with Crippen LogP contribution in [-0.4, -0.2) is 33.6 Å². The number of hydrogen-bond acceptors (Lipinski definition) is 5. The highest BCUT2D eigenvalue weighted by Crippen LogP contribution is 2.70. The van der Waals surface area contributed by atoms with Crippen LogP contribution in [-0.2, 0) is 18.9 Å². The van der Waals surface area contributed by atoms with Gasteiger partial charge in [-0.3, -0.25) is 4.74 Å². The molecule has 4 aliphatic rings. The maximum Gasteiger partial charge on any atom is 0.412 e. The predicted octanol–water partition coefficient (Wildman–Crippen LogP) is 7.16. The van der Waals surface area contributed by atoms with E-state index in [2.05, 4.69) is 33.8 Å². The predicted molar refractivity (Wildman–Crippen MR) is 137 cm³/mol. The molecule has 5 heteroatoms. The standard InChI is InChI=1S/C30H51NO4/c1-8-21-18-22-25-15-14-23(20(2)12-11-17-31)29(25,4)27(35-30(32-5,33-6)34-7)19-26(22)28(3)16-10-9-13-24(21)28/h20-27H,8-16,18-19H2,1-7H3/t20-,21+,22+,23-,24+,25+,26+,27+,28+,29-/m1/s1. The lowest BCUT2D eigenvalue weighted by molar-refractivity contribution is -0.499. The van der Waals surface area contributed by atoms with Crippen molar-refractivity contribution in [3.63, 3.8) is 0 Å². The van der Waals surface area contributed by atoms with Gasteiger partial charge in [0.2, 0.25) is 0 Å². The van der Waals surface area contributed by atoms with E-state index in [9.17, 15) is 5.26 Å². The molecule has 0 radical (unpaired) electrons. The van der Waals surface area contributed by atoms with Gasteiger partial charge < -0.3 is 14.2 Å². The summed E-state index contributed by atoms with van der Waals surface area (Å²) >= 11 is 0. The van der Waals surface area contributed by atoms with E-state index in [0.717, 1.165) is 30.6 Å². The van der Waals surface area contributed by atoms with Gasteiger partial charge >= 0.3 is 6.16 Å². The third-order valence-electron chi connectivity index (χ3n) is 11.9. The Balaban J connectivity index is 1.75. The van der Waals surface area contributed by atoms with E-state index >= 15 is 0 Å². The molecule has 4 saturated carbocycles. The van der Waals surface area contributed by atoms with Crippen LogP contribution in [0.2, 0.25) is 0 Å². The molecule has 0 saturated heterocycles. The van der Waals surface area contributed by atoms with E-state index in [1.807, 2.05) is 0 Å². The molecule has 4 fully saturated rings. The first-order valence-corrected chi connectivity index (χ1v) is 14.4. The van der Waals surface area contributed by atoms with Gasteiger partial charge in [-0.1, -0.05) is 47.0 Å². The molecule has 0 amide bonds. The van der Waals surface area contributed by atoms with Crippen LogP contribution in [0.25, 0.3) is 0 Å². The molecule has 0 unspecified atom stereocenters. The van der Waals surface area contributed by atoms with Gasteiger partial charge in [0.25, 0.3) is 0 Å². The van der Waals surface area contributed by atoms with Crippen molar-refractivity contribution in [2.45, 2.75) is 111 Å². The smallest absolute Gasteiger partial charge is 0.307 e.